The summed E-state index contributed by atoms with van der Waals surface area (Å²) in [5.41, 5.74) is 3.56. The molecule has 0 heterocycles. The molecule has 4 heteroatoms. The van der Waals surface area contributed by atoms with Crippen LogP contribution in [-0.4, -0.2) is 0 Å². The summed E-state index contributed by atoms with van der Waals surface area (Å²) in [5.74, 6) is 0. The Morgan fingerprint density at radius 3 is 2.44 bits per heavy atom. The summed E-state index contributed by atoms with van der Waals surface area (Å²) in [4.78, 5) is 20.7. The van der Waals surface area contributed by atoms with Crippen LogP contribution in [0.3, 0.4) is 0 Å². The van der Waals surface area contributed by atoms with Gasteiger partial charge in [-0.2, -0.15) is 9.81 Å². The second-order valence-corrected chi connectivity index (χ2v) is 3.50. The number of nitrogens with zero attached hydrogens (tertiary/aromatic N) is 2. The van der Waals surface area contributed by atoms with Gasteiger partial charge in [0.1, 0.15) is 13.1 Å². The molecule has 0 bridgehead atoms. The van der Waals surface area contributed by atoms with Crippen molar-refractivity contribution in [2.75, 3.05) is 0 Å². The van der Waals surface area contributed by atoms with E-state index in [4.69, 9.17) is 0 Å². The fourth-order valence-corrected chi connectivity index (χ4v) is 1.87. The Hall–Kier alpha value is -2.10. The zero-order valence-corrected chi connectivity index (χ0v) is 8.59. The zero-order valence-electron chi connectivity index (χ0n) is 8.59. The molecule has 0 fully saturated rings. The maximum absolute atomic E-state index is 10.4. The molecule has 2 rings (SSSR count). The monoisotopic (exact) mass is 214 g/mol. The molecule has 0 saturated heterocycles. The molecule has 0 saturated carbocycles. The largest absolute Gasteiger partial charge is 0.150 e. The third kappa shape index (κ3) is 1.82. The van der Waals surface area contributed by atoms with E-state index in [-0.39, 0.29) is 13.1 Å². The molecule has 0 aliphatic heterocycles. The van der Waals surface area contributed by atoms with E-state index < -0.39 is 0 Å². The van der Waals surface area contributed by atoms with Crippen LogP contribution in [0.25, 0.3) is 11.1 Å². The second-order valence-electron chi connectivity index (χ2n) is 3.50. The molecule has 80 valence electrons. The van der Waals surface area contributed by atoms with Crippen molar-refractivity contribution in [3.8, 4) is 11.1 Å². The number of hydrogen-bond acceptors (Lipinski definition) is 4. The molecule has 4 nitrogen and oxygen atoms in total. The molecule has 0 aromatic carbocycles. The molecule has 0 amide bonds. The molecule has 0 aromatic heterocycles. The first-order valence-electron chi connectivity index (χ1n) is 4.94. The minimum absolute atomic E-state index is 0.0817. The van der Waals surface area contributed by atoms with Gasteiger partial charge in [0.2, 0.25) is 0 Å². The number of nitroso groups, excluding NO2 is 2. The van der Waals surface area contributed by atoms with Crippen LogP contribution in [0, 0.1) is 9.81 Å². The van der Waals surface area contributed by atoms with Crippen LogP contribution < -0.4 is 0 Å². The third-order valence-electron chi connectivity index (χ3n) is 2.57. The molecular formula is C12H10N2O2. The van der Waals surface area contributed by atoms with Crippen LogP contribution >= 0.6 is 0 Å². The molecule has 0 N–H and O–H groups in total. The Morgan fingerprint density at radius 1 is 0.938 bits per heavy atom. The van der Waals surface area contributed by atoms with Gasteiger partial charge >= 0.3 is 0 Å². The van der Waals surface area contributed by atoms with Crippen molar-refractivity contribution in [2.24, 2.45) is 10.4 Å². The lowest BCUT2D eigenvalue weighted by Gasteiger charge is -1.97. The summed E-state index contributed by atoms with van der Waals surface area (Å²) >= 11 is 0. The lowest BCUT2D eigenvalue weighted by molar-refractivity contribution is 0.984. The van der Waals surface area contributed by atoms with Gasteiger partial charge in [0.25, 0.3) is 0 Å². The normalized spacial score (nSPS) is 10.2. The van der Waals surface area contributed by atoms with E-state index in [1.54, 1.807) is 0 Å². The summed E-state index contributed by atoms with van der Waals surface area (Å²) in [6.45, 7) is 0.168. The van der Waals surface area contributed by atoms with Gasteiger partial charge in [0, 0.05) is 0 Å². The van der Waals surface area contributed by atoms with Gasteiger partial charge in [0.05, 0.1) is 0 Å². The van der Waals surface area contributed by atoms with E-state index in [2.05, 4.69) is 10.4 Å². The quantitative estimate of drug-likeness (QED) is 0.733. The minimum atomic E-state index is 0.0817. The SMILES string of the molecule is O=NCc1cc2cccccc-2c1CN=O. The Morgan fingerprint density at radius 2 is 1.69 bits per heavy atom. The standard InChI is InChI=1S/C12H10N2O2/c15-13-7-10-6-9-4-2-1-3-5-11(9)12(10)8-14-16/h1-6H,7-8H2. The van der Waals surface area contributed by atoms with Crippen LogP contribution in [0.5, 0.6) is 0 Å². The first-order chi connectivity index (χ1) is 7.86. The van der Waals surface area contributed by atoms with E-state index in [1.807, 2.05) is 36.4 Å². The molecule has 0 atom stereocenters. The topological polar surface area (TPSA) is 58.9 Å². The minimum Gasteiger partial charge on any atom is -0.150 e. The number of fused-ring (bicyclic) bond motifs is 1. The molecule has 16 heavy (non-hydrogen) atoms. The lowest BCUT2D eigenvalue weighted by Crippen LogP contribution is -1.86. The average molecular weight is 214 g/mol. The molecular weight excluding hydrogens is 204 g/mol. The van der Waals surface area contributed by atoms with E-state index in [9.17, 15) is 9.81 Å². The molecule has 0 spiro atoms. The van der Waals surface area contributed by atoms with Gasteiger partial charge in [-0.25, -0.2) is 0 Å². The van der Waals surface area contributed by atoms with Crippen LogP contribution in [0.15, 0.2) is 46.8 Å². The Kier molecular flexibility index (Phi) is 3.00. The third-order valence-corrected chi connectivity index (χ3v) is 2.57. The summed E-state index contributed by atoms with van der Waals surface area (Å²) in [7, 11) is 0. The smallest absolute Gasteiger partial charge is 0.107 e. The van der Waals surface area contributed by atoms with Crippen LogP contribution in [-0.2, 0) is 13.1 Å². The summed E-state index contributed by atoms with van der Waals surface area (Å²) in [6, 6.07) is 11.5. The van der Waals surface area contributed by atoms with Crippen LogP contribution in [0.2, 0.25) is 0 Å². The zero-order chi connectivity index (χ0) is 11.4. The maximum atomic E-state index is 10.4. The fraction of sp³-hybridized carbons (Fsp3) is 0.167. The van der Waals surface area contributed by atoms with Gasteiger partial charge in [-0.15, -0.1) is 0 Å². The highest BCUT2D eigenvalue weighted by Crippen LogP contribution is 2.32. The molecule has 0 aromatic rings. The Balaban J connectivity index is 2.60. The number of rotatable bonds is 4. The fourth-order valence-electron chi connectivity index (χ4n) is 1.87. The second kappa shape index (κ2) is 4.61. The van der Waals surface area contributed by atoms with E-state index >= 15 is 0 Å². The van der Waals surface area contributed by atoms with Crippen molar-refractivity contribution in [1.29, 1.82) is 0 Å². The average Bonchev–Trinajstić information content (AvgIpc) is 2.49. The van der Waals surface area contributed by atoms with Crippen molar-refractivity contribution in [3.05, 3.63) is 57.3 Å². The van der Waals surface area contributed by atoms with Crippen molar-refractivity contribution in [2.45, 2.75) is 13.1 Å². The van der Waals surface area contributed by atoms with E-state index in [1.165, 1.54) is 0 Å². The first-order valence-corrected chi connectivity index (χ1v) is 4.94. The van der Waals surface area contributed by atoms with Crippen LogP contribution in [0.4, 0.5) is 0 Å². The summed E-state index contributed by atoms with van der Waals surface area (Å²) in [5, 5.41) is 5.76. The van der Waals surface area contributed by atoms with Gasteiger partial charge in [-0.1, -0.05) is 40.7 Å². The number of hydrogen-bond donors (Lipinski definition) is 0. The lowest BCUT2D eigenvalue weighted by atomic mass is 10.1. The molecule has 2 aliphatic carbocycles. The van der Waals surface area contributed by atoms with Crippen molar-refractivity contribution in [3.63, 3.8) is 0 Å². The summed E-state index contributed by atoms with van der Waals surface area (Å²) in [6.07, 6.45) is 0. The van der Waals surface area contributed by atoms with Crippen molar-refractivity contribution < 1.29 is 0 Å². The Labute approximate surface area is 92.6 Å². The highest BCUT2D eigenvalue weighted by atomic mass is 16.3. The first kappa shape index (κ1) is 10.4. The Bertz CT molecular complexity index is 497. The van der Waals surface area contributed by atoms with Crippen LogP contribution in [0.1, 0.15) is 11.1 Å². The van der Waals surface area contributed by atoms with E-state index in [0.717, 1.165) is 22.3 Å². The van der Waals surface area contributed by atoms with Crippen molar-refractivity contribution >= 4 is 0 Å². The van der Waals surface area contributed by atoms with Gasteiger partial charge in [-0.05, 0) is 28.3 Å². The maximum Gasteiger partial charge on any atom is 0.107 e. The molecule has 0 radical (unpaired) electrons. The molecule has 2 aliphatic rings. The highest BCUT2D eigenvalue weighted by Gasteiger charge is 2.14. The van der Waals surface area contributed by atoms with E-state index in [0.29, 0.717) is 0 Å². The van der Waals surface area contributed by atoms with Crippen molar-refractivity contribution in [1.82, 2.24) is 0 Å². The predicted octanol–water partition coefficient (Wildman–Crippen LogP) is 3.32. The summed E-state index contributed by atoms with van der Waals surface area (Å²) < 4.78 is 0. The molecule has 0 unspecified atom stereocenters. The van der Waals surface area contributed by atoms with Gasteiger partial charge in [0.15, 0.2) is 0 Å². The van der Waals surface area contributed by atoms with Gasteiger partial charge < -0.3 is 0 Å². The predicted molar refractivity (Wildman–Crippen MR) is 62.1 cm³/mol. The van der Waals surface area contributed by atoms with Gasteiger partial charge in [-0.3, -0.25) is 0 Å². The highest BCUT2D eigenvalue weighted by molar-refractivity contribution is 5.73.